The summed E-state index contributed by atoms with van der Waals surface area (Å²) in [5, 5.41) is 1.83. The number of hydrogen-bond donors (Lipinski definition) is 1. The lowest BCUT2D eigenvalue weighted by Gasteiger charge is -2.34. The lowest BCUT2D eigenvalue weighted by Crippen LogP contribution is -2.48. The van der Waals surface area contributed by atoms with Gasteiger partial charge in [-0.1, -0.05) is 13.0 Å². The number of nitrogens with one attached hydrogen (secondary N) is 1. The average molecular weight is 476 g/mol. The molecule has 1 aromatic carbocycles. The van der Waals surface area contributed by atoms with Crippen LogP contribution >= 0.6 is 11.3 Å². The molecular formula is C21H25N5O4S2. The molecule has 1 aliphatic rings. The van der Waals surface area contributed by atoms with Crippen molar-refractivity contribution in [1.29, 1.82) is 0 Å². The molecule has 170 valence electrons. The first-order valence-corrected chi connectivity index (χ1v) is 13.0. The standard InChI is InChI=1S/C21H25N5O4S2/c1-2-12-32(29,30)23-17-5-3-4-16(13-17)20(28)25-8-6-24(7-9-25)15-18-14-19(27)26-10-11-31-21(26)22-18/h3-5,10-11,13-14,23H,2,6-9,12,15H2,1H3. The number of fused-ring (bicyclic) bond motifs is 1. The molecule has 1 saturated heterocycles. The van der Waals surface area contributed by atoms with E-state index in [1.807, 2.05) is 5.38 Å². The van der Waals surface area contributed by atoms with Gasteiger partial charge in [-0.25, -0.2) is 13.4 Å². The smallest absolute Gasteiger partial charge is 0.258 e. The molecule has 1 fully saturated rings. The highest BCUT2D eigenvalue weighted by Gasteiger charge is 2.23. The van der Waals surface area contributed by atoms with Gasteiger partial charge in [-0.15, -0.1) is 11.3 Å². The van der Waals surface area contributed by atoms with Crippen molar-refractivity contribution in [3.63, 3.8) is 0 Å². The third-order valence-electron chi connectivity index (χ3n) is 5.26. The molecule has 11 heteroatoms. The number of anilines is 1. The summed E-state index contributed by atoms with van der Waals surface area (Å²) < 4.78 is 28.1. The zero-order chi connectivity index (χ0) is 22.7. The van der Waals surface area contributed by atoms with Gasteiger partial charge in [-0.2, -0.15) is 0 Å². The van der Waals surface area contributed by atoms with Crippen molar-refractivity contribution < 1.29 is 13.2 Å². The quantitative estimate of drug-likeness (QED) is 0.559. The normalized spacial score (nSPS) is 15.2. The highest BCUT2D eigenvalue weighted by molar-refractivity contribution is 7.92. The maximum atomic E-state index is 12.9. The van der Waals surface area contributed by atoms with Crippen LogP contribution in [0.15, 0.2) is 46.7 Å². The molecule has 1 aliphatic heterocycles. The van der Waals surface area contributed by atoms with E-state index in [0.717, 1.165) is 5.69 Å². The molecule has 0 bridgehead atoms. The Morgan fingerprint density at radius 1 is 1.19 bits per heavy atom. The third kappa shape index (κ3) is 5.17. The molecule has 2 aromatic heterocycles. The van der Waals surface area contributed by atoms with Gasteiger partial charge in [-0.3, -0.25) is 23.6 Å². The van der Waals surface area contributed by atoms with Crippen molar-refractivity contribution in [1.82, 2.24) is 19.2 Å². The largest absolute Gasteiger partial charge is 0.336 e. The first-order chi connectivity index (χ1) is 15.3. The number of carbonyl (C=O) groups is 1. The lowest BCUT2D eigenvalue weighted by molar-refractivity contribution is 0.0627. The van der Waals surface area contributed by atoms with Crippen LogP contribution in [-0.4, -0.2) is 65.4 Å². The van der Waals surface area contributed by atoms with Gasteiger partial charge in [0.05, 0.1) is 11.4 Å². The molecule has 32 heavy (non-hydrogen) atoms. The highest BCUT2D eigenvalue weighted by atomic mass is 32.2. The maximum absolute atomic E-state index is 12.9. The van der Waals surface area contributed by atoms with E-state index in [1.54, 1.807) is 48.4 Å². The van der Waals surface area contributed by atoms with Crippen LogP contribution < -0.4 is 10.3 Å². The second-order valence-corrected chi connectivity index (χ2v) is 10.4. The SMILES string of the molecule is CCCS(=O)(=O)Nc1cccc(C(=O)N2CCN(Cc3cc(=O)n4ccsc4n3)CC2)c1. The third-order valence-corrected chi connectivity index (χ3v) is 7.51. The van der Waals surface area contributed by atoms with E-state index < -0.39 is 10.0 Å². The zero-order valence-corrected chi connectivity index (χ0v) is 19.4. The number of thiazole rings is 1. The fourth-order valence-electron chi connectivity index (χ4n) is 3.70. The number of amides is 1. The maximum Gasteiger partial charge on any atom is 0.258 e. The minimum atomic E-state index is -3.41. The summed E-state index contributed by atoms with van der Waals surface area (Å²) in [7, 11) is -3.41. The van der Waals surface area contributed by atoms with Crippen molar-refractivity contribution >= 4 is 37.9 Å². The summed E-state index contributed by atoms with van der Waals surface area (Å²) in [5.74, 6) is -0.0916. The molecule has 1 N–H and O–H groups in total. The van der Waals surface area contributed by atoms with E-state index in [1.165, 1.54) is 15.7 Å². The van der Waals surface area contributed by atoms with Crippen LogP contribution in [0.2, 0.25) is 0 Å². The number of aromatic nitrogens is 2. The van der Waals surface area contributed by atoms with E-state index in [4.69, 9.17) is 0 Å². The summed E-state index contributed by atoms with van der Waals surface area (Å²) in [6, 6.07) is 8.15. The van der Waals surface area contributed by atoms with Gasteiger partial charge in [0, 0.05) is 61.6 Å². The second-order valence-electron chi connectivity index (χ2n) is 7.71. The van der Waals surface area contributed by atoms with Crippen LogP contribution in [0.3, 0.4) is 0 Å². The van der Waals surface area contributed by atoms with Crippen LogP contribution in [0, 0.1) is 0 Å². The van der Waals surface area contributed by atoms with Crippen molar-refractivity contribution in [3.8, 4) is 0 Å². The predicted molar refractivity (Wildman–Crippen MR) is 125 cm³/mol. The van der Waals surface area contributed by atoms with Crippen molar-refractivity contribution in [3.05, 3.63) is 63.5 Å². The molecule has 1 amide bonds. The van der Waals surface area contributed by atoms with Crippen LogP contribution in [-0.2, 0) is 16.6 Å². The number of benzene rings is 1. The number of hydrogen-bond acceptors (Lipinski definition) is 7. The van der Waals surface area contributed by atoms with Gasteiger partial charge in [0.15, 0.2) is 4.96 Å². The Hall–Kier alpha value is -2.76. The molecule has 0 aliphatic carbocycles. The van der Waals surface area contributed by atoms with Gasteiger partial charge in [0.1, 0.15) is 0 Å². The Kier molecular flexibility index (Phi) is 6.58. The molecule has 0 unspecified atom stereocenters. The molecule has 3 heterocycles. The highest BCUT2D eigenvalue weighted by Crippen LogP contribution is 2.16. The van der Waals surface area contributed by atoms with Crippen LogP contribution in [0.25, 0.3) is 4.96 Å². The van der Waals surface area contributed by atoms with E-state index in [0.29, 0.717) is 55.4 Å². The van der Waals surface area contributed by atoms with Gasteiger partial charge < -0.3 is 4.90 Å². The monoisotopic (exact) mass is 475 g/mol. The lowest BCUT2D eigenvalue weighted by atomic mass is 10.1. The second kappa shape index (κ2) is 9.39. The van der Waals surface area contributed by atoms with Crippen molar-refractivity contribution in [2.75, 3.05) is 36.7 Å². The minimum absolute atomic E-state index is 0.0357. The van der Waals surface area contributed by atoms with Crippen molar-refractivity contribution in [2.24, 2.45) is 0 Å². The molecule has 3 aromatic rings. The van der Waals surface area contributed by atoms with E-state index >= 15 is 0 Å². The number of sulfonamides is 1. The summed E-state index contributed by atoms with van der Waals surface area (Å²) >= 11 is 1.42. The Labute approximate surface area is 190 Å². The zero-order valence-electron chi connectivity index (χ0n) is 17.7. The summed E-state index contributed by atoms with van der Waals surface area (Å²) in [6.45, 7) is 4.78. The summed E-state index contributed by atoms with van der Waals surface area (Å²) in [6.07, 6.45) is 2.23. The van der Waals surface area contributed by atoms with Gasteiger partial charge in [-0.05, 0) is 24.6 Å². The van der Waals surface area contributed by atoms with Crippen molar-refractivity contribution in [2.45, 2.75) is 19.9 Å². The van der Waals surface area contributed by atoms with E-state index in [9.17, 15) is 18.0 Å². The van der Waals surface area contributed by atoms with Gasteiger partial charge in [0.25, 0.3) is 11.5 Å². The molecule has 0 saturated carbocycles. The number of piperazine rings is 1. The van der Waals surface area contributed by atoms with Crippen LogP contribution in [0.1, 0.15) is 29.4 Å². The molecular weight excluding hydrogens is 450 g/mol. The Morgan fingerprint density at radius 3 is 2.72 bits per heavy atom. The molecule has 9 nitrogen and oxygen atoms in total. The minimum Gasteiger partial charge on any atom is -0.336 e. The molecule has 0 spiro atoms. The Morgan fingerprint density at radius 2 is 1.97 bits per heavy atom. The Balaban J connectivity index is 1.37. The molecule has 0 radical (unpaired) electrons. The molecule has 4 rings (SSSR count). The first-order valence-electron chi connectivity index (χ1n) is 10.4. The van der Waals surface area contributed by atoms with Crippen LogP contribution in [0.5, 0.6) is 0 Å². The summed E-state index contributed by atoms with van der Waals surface area (Å²) in [4.78, 5) is 34.3. The van der Waals surface area contributed by atoms with Crippen LogP contribution in [0.4, 0.5) is 5.69 Å². The predicted octanol–water partition coefficient (Wildman–Crippen LogP) is 1.87. The van der Waals surface area contributed by atoms with Gasteiger partial charge >= 0.3 is 0 Å². The summed E-state index contributed by atoms with van der Waals surface area (Å²) in [5.41, 5.74) is 1.48. The number of rotatable bonds is 7. The Bertz CT molecular complexity index is 1280. The molecule has 0 atom stereocenters. The number of nitrogens with zero attached hydrogens (tertiary/aromatic N) is 4. The van der Waals surface area contributed by atoms with Gasteiger partial charge in [0.2, 0.25) is 10.0 Å². The topological polar surface area (TPSA) is 104 Å². The average Bonchev–Trinajstić information content (AvgIpc) is 3.23. The van der Waals surface area contributed by atoms with E-state index in [2.05, 4.69) is 14.6 Å². The van der Waals surface area contributed by atoms with E-state index in [-0.39, 0.29) is 17.2 Å². The first kappa shape index (κ1) is 22.4. The fraction of sp³-hybridized carbons (Fsp3) is 0.381. The fourth-order valence-corrected chi connectivity index (χ4v) is 5.57. The number of carbonyl (C=O) groups excluding carboxylic acids is 1.